The molecule has 0 aliphatic heterocycles. The van der Waals surface area contributed by atoms with E-state index in [0.717, 1.165) is 21.0 Å². The van der Waals surface area contributed by atoms with Crippen LogP contribution in [0.15, 0.2) is 102 Å². The Hall–Kier alpha value is -4.70. The van der Waals surface area contributed by atoms with Crippen LogP contribution in [0.25, 0.3) is 0 Å². The molecule has 1 unspecified atom stereocenters. The normalized spacial score (nSPS) is 12.0. The Kier molecular flexibility index (Phi) is 11.8. The highest BCUT2D eigenvalue weighted by Crippen LogP contribution is 2.34. The van der Waals surface area contributed by atoms with E-state index in [1.165, 1.54) is 36.3 Å². The summed E-state index contributed by atoms with van der Waals surface area (Å²) in [4.78, 5) is 29.9. The molecule has 4 rings (SSSR count). The van der Waals surface area contributed by atoms with Crippen molar-refractivity contribution in [3.05, 3.63) is 125 Å². The number of nitrogens with zero attached hydrogens (tertiary/aromatic N) is 2. The van der Waals surface area contributed by atoms with Crippen molar-refractivity contribution in [1.29, 1.82) is 0 Å². The summed E-state index contributed by atoms with van der Waals surface area (Å²) >= 11 is 0. The molecule has 2 amide bonds. The van der Waals surface area contributed by atoms with E-state index in [1.54, 1.807) is 42.5 Å². The van der Waals surface area contributed by atoms with Crippen LogP contribution in [-0.2, 0) is 32.6 Å². The lowest BCUT2D eigenvalue weighted by Gasteiger charge is -2.34. The second-order valence-corrected chi connectivity index (χ2v) is 13.9. The molecule has 4 aromatic carbocycles. The summed E-state index contributed by atoms with van der Waals surface area (Å²) in [5.74, 6) is -1.02. The van der Waals surface area contributed by atoms with E-state index < -0.39 is 34.3 Å². The molecule has 8 nitrogen and oxygen atoms in total. The Morgan fingerprint density at radius 2 is 1.49 bits per heavy atom. The molecule has 248 valence electrons. The number of halogens is 1. The third-order valence-electron chi connectivity index (χ3n) is 7.71. The third kappa shape index (κ3) is 9.19. The van der Waals surface area contributed by atoms with Gasteiger partial charge >= 0.3 is 0 Å². The minimum atomic E-state index is -4.30. The van der Waals surface area contributed by atoms with Gasteiger partial charge in [0.25, 0.3) is 10.0 Å². The van der Waals surface area contributed by atoms with E-state index in [9.17, 15) is 22.4 Å². The number of rotatable bonds is 14. The minimum absolute atomic E-state index is 0.0000516. The minimum Gasteiger partial charge on any atom is -0.495 e. The number of anilines is 1. The second-order valence-electron chi connectivity index (χ2n) is 12.0. The molecule has 0 saturated heterocycles. The number of methoxy groups -OCH3 is 1. The van der Waals surface area contributed by atoms with Gasteiger partial charge in [-0.05, 0) is 72.9 Å². The van der Waals surface area contributed by atoms with E-state index in [1.807, 2.05) is 58.0 Å². The summed E-state index contributed by atoms with van der Waals surface area (Å²) in [7, 11) is -2.86. The van der Waals surface area contributed by atoms with Gasteiger partial charge in [0.05, 0.1) is 17.7 Å². The summed E-state index contributed by atoms with van der Waals surface area (Å²) in [5.41, 5.74) is 3.22. The van der Waals surface area contributed by atoms with Crippen LogP contribution in [0.2, 0.25) is 0 Å². The van der Waals surface area contributed by atoms with Crippen LogP contribution in [-0.4, -0.2) is 51.4 Å². The van der Waals surface area contributed by atoms with Gasteiger partial charge in [-0.2, -0.15) is 0 Å². The topological polar surface area (TPSA) is 96.0 Å². The number of sulfonamides is 1. The smallest absolute Gasteiger partial charge is 0.264 e. The van der Waals surface area contributed by atoms with Crippen molar-refractivity contribution >= 4 is 27.5 Å². The van der Waals surface area contributed by atoms with Gasteiger partial charge in [0.2, 0.25) is 11.8 Å². The molecule has 0 aliphatic carbocycles. The van der Waals surface area contributed by atoms with Gasteiger partial charge in [-0.1, -0.05) is 80.1 Å². The Morgan fingerprint density at radius 1 is 0.851 bits per heavy atom. The van der Waals surface area contributed by atoms with Crippen LogP contribution in [0.1, 0.15) is 36.1 Å². The van der Waals surface area contributed by atoms with Gasteiger partial charge in [-0.25, -0.2) is 12.8 Å². The third-order valence-corrected chi connectivity index (χ3v) is 9.49. The number of carbonyl (C=O) groups is 2. The van der Waals surface area contributed by atoms with Gasteiger partial charge in [0.1, 0.15) is 24.2 Å². The van der Waals surface area contributed by atoms with Crippen molar-refractivity contribution in [2.45, 2.75) is 51.6 Å². The van der Waals surface area contributed by atoms with Crippen molar-refractivity contribution in [1.82, 2.24) is 10.2 Å². The highest BCUT2D eigenvalue weighted by Gasteiger charge is 2.35. The SMILES string of the molecule is COc1ccc(C)cc1N(CC(=O)N(Cc1ccc(F)cc1)C(Cc1ccccc1)C(=O)NCC(C)C)S(=O)(=O)c1ccc(C)cc1. The van der Waals surface area contributed by atoms with Crippen LogP contribution in [0.5, 0.6) is 5.75 Å². The summed E-state index contributed by atoms with van der Waals surface area (Å²) in [6.45, 7) is 7.31. The number of benzene rings is 4. The van der Waals surface area contributed by atoms with Crippen molar-refractivity contribution in [2.75, 3.05) is 24.5 Å². The second kappa shape index (κ2) is 15.7. The molecule has 1 atom stereocenters. The summed E-state index contributed by atoms with van der Waals surface area (Å²) in [5, 5.41) is 2.96. The van der Waals surface area contributed by atoms with Gasteiger partial charge in [-0.3, -0.25) is 13.9 Å². The largest absolute Gasteiger partial charge is 0.495 e. The lowest BCUT2D eigenvalue weighted by Crippen LogP contribution is -2.53. The maximum atomic E-state index is 14.6. The molecule has 0 heterocycles. The number of ether oxygens (including phenoxy) is 1. The van der Waals surface area contributed by atoms with Crippen LogP contribution >= 0.6 is 0 Å². The van der Waals surface area contributed by atoms with Crippen LogP contribution < -0.4 is 14.4 Å². The average molecular weight is 660 g/mol. The maximum absolute atomic E-state index is 14.6. The predicted octanol–water partition coefficient (Wildman–Crippen LogP) is 6.06. The Labute approximate surface area is 277 Å². The molecule has 0 fully saturated rings. The number of amides is 2. The first kappa shape index (κ1) is 35.2. The van der Waals surface area contributed by atoms with Gasteiger partial charge in [0.15, 0.2) is 0 Å². The van der Waals surface area contributed by atoms with E-state index in [4.69, 9.17) is 4.74 Å². The molecular formula is C37H42FN3O5S. The first-order valence-electron chi connectivity index (χ1n) is 15.5. The zero-order valence-electron chi connectivity index (χ0n) is 27.4. The number of hydrogen-bond acceptors (Lipinski definition) is 5. The zero-order chi connectivity index (χ0) is 34.1. The predicted molar refractivity (Wildman–Crippen MR) is 182 cm³/mol. The molecule has 1 N–H and O–H groups in total. The molecular weight excluding hydrogens is 617 g/mol. The van der Waals surface area contributed by atoms with Crippen LogP contribution in [0, 0.1) is 25.6 Å². The fourth-order valence-electron chi connectivity index (χ4n) is 5.11. The quantitative estimate of drug-likeness (QED) is 0.178. The summed E-state index contributed by atoms with van der Waals surface area (Å²) in [6.07, 6.45) is 0.177. The fraction of sp³-hybridized carbons (Fsp3) is 0.297. The molecule has 4 aromatic rings. The molecule has 0 spiro atoms. The highest BCUT2D eigenvalue weighted by molar-refractivity contribution is 7.92. The van der Waals surface area contributed by atoms with E-state index in [0.29, 0.717) is 12.1 Å². The average Bonchev–Trinajstić information content (AvgIpc) is 3.05. The monoisotopic (exact) mass is 659 g/mol. The summed E-state index contributed by atoms with van der Waals surface area (Å²) < 4.78 is 49.1. The fourth-order valence-corrected chi connectivity index (χ4v) is 6.53. The number of carbonyl (C=O) groups excluding carboxylic acids is 2. The molecule has 0 radical (unpaired) electrons. The Morgan fingerprint density at radius 3 is 2.11 bits per heavy atom. The molecule has 0 saturated carbocycles. The van der Waals surface area contributed by atoms with E-state index in [-0.39, 0.29) is 41.1 Å². The number of nitrogens with one attached hydrogen (secondary N) is 1. The lowest BCUT2D eigenvalue weighted by molar-refractivity contribution is -0.140. The van der Waals surface area contributed by atoms with Gasteiger partial charge in [0, 0.05) is 19.5 Å². The number of hydrogen-bond donors (Lipinski definition) is 1. The van der Waals surface area contributed by atoms with Crippen molar-refractivity contribution < 1.29 is 27.1 Å². The van der Waals surface area contributed by atoms with Gasteiger partial charge < -0.3 is 15.0 Å². The zero-order valence-corrected chi connectivity index (χ0v) is 28.3. The van der Waals surface area contributed by atoms with Crippen LogP contribution in [0.4, 0.5) is 10.1 Å². The maximum Gasteiger partial charge on any atom is 0.264 e. The van der Waals surface area contributed by atoms with E-state index in [2.05, 4.69) is 5.32 Å². The Balaban J connectivity index is 1.84. The molecule has 0 bridgehead atoms. The highest BCUT2D eigenvalue weighted by atomic mass is 32.2. The van der Waals surface area contributed by atoms with Crippen molar-refractivity contribution in [3.63, 3.8) is 0 Å². The first-order chi connectivity index (χ1) is 22.4. The van der Waals surface area contributed by atoms with Crippen LogP contribution in [0.3, 0.4) is 0 Å². The first-order valence-corrected chi connectivity index (χ1v) is 16.9. The standard InChI is InChI=1S/C37H42FN3O5S/c1-26(2)23-39-37(43)34(22-29-9-7-6-8-10-29)40(24-30-14-16-31(38)17-15-30)36(42)25-41(33-21-28(4)13-20-35(33)46-5)47(44,45)32-18-11-27(3)12-19-32/h6-21,26,34H,22-25H2,1-5H3,(H,39,43). The number of aryl methyl sites for hydroxylation is 2. The van der Waals surface area contributed by atoms with Gasteiger partial charge in [-0.15, -0.1) is 0 Å². The lowest BCUT2D eigenvalue weighted by atomic mass is 10.0. The molecule has 47 heavy (non-hydrogen) atoms. The molecule has 0 aliphatic rings. The summed E-state index contributed by atoms with van der Waals surface area (Å²) in [6, 6.07) is 25.4. The Bertz CT molecular complexity index is 1760. The van der Waals surface area contributed by atoms with Crippen molar-refractivity contribution in [3.8, 4) is 5.75 Å². The van der Waals surface area contributed by atoms with E-state index >= 15 is 0 Å². The molecule has 0 aromatic heterocycles. The van der Waals surface area contributed by atoms with Crippen molar-refractivity contribution in [2.24, 2.45) is 5.92 Å². The molecule has 10 heteroatoms.